The normalized spacial score (nSPS) is 13.7. The first-order valence-electron chi connectivity index (χ1n) is 9.76. The number of hydrogen-bond donors (Lipinski definition) is 1. The molecule has 3 aromatic carbocycles. The molecule has 0 aliphatic carbocycles. The van der Waals surface area contributed by atoms with Gasteiger partial charge in [-0.3, -0.25) is 9.59 Å². The number of halogens is 1. The second-order valence-corrected chi connectivity index (χ2v) is 7.78. The second kappa shape index (κ2) is 8.28. The molecule has 1 heterocycles. The van der Waals surface area contributed by atoms with Gasteiger partial charge in [-0.2, -0.15) is 0 Å². The van der Waals surface area contributed by atoms with Gasteiger partial charge in [0.25, 0.3) is 11.8 Å². The number of nitrogens with one attached hydrogen (secondary N) is 1. The van der Waals surface area contributed by atoms with Crippen molar-refractivity contribution in [2.45, 2.75) is 13.8 Å². The van der Waals surface area contributed by atoms with Gasteiger partial charge in [0.05, 0.1) is 18.4 Å². The van der Waals surface area contributed by atoms with Crippen LogP contribution in [0.2, 0.25) is 5.02 Å². The summed E-state index contributed by atoms with van der Waals surface area (Å²) in [7, 11) is 1.58. The minimum Gasteiger partial charge on any atom is -0.497 e. The van der Waals surface area contributed by atoms with Crippen molar-refractivity contribution in [3.63, 3.8) is 0 Å². The Morgan fingerprint density at radius 2 is 1.55 bits per heavy atom. The van der Waals surface area contributed by atoms with E-state index < -0.39 is 5.91 Å². The lowest BCUT2D eigenvalue weighted by Gasteiger charge is -2.16. The van der Waals surface area contributed by atoms with Gasteiger partial charge in [0, 0.05) is 10.7 Å². The number of imide groups is 1. The van der Waals surface area contributed by atoms with Crippen molar-refractivity contribution >= 4 is 40.4 Å². The first-order chi connectivity index (χ1) is 14.9. The summed E-state index contributed by atoms with van der Waals surface area (Å²) in [6, 6.07) is 19.7. The molecule has 0 saturated heterocycles. The van der Waals surface area contributed by atoms with E-state index in [1.165, 1.54) is 4.90 Å². The molecule has 0 bridgehead atoms. The van der Waals surface area contributed by atoms with E-state index in [0.717, 1.165) is 11.1 Å². The Kier molecular flexibility index (Phi) is 5.53. The van der Waals surface area contributed by atoms with E-state index >= 15 is 0 Å². The van der Waals surface area contributed by atoms with Crippen LogP contribution in [0.25, 0.3) is 5.57 Å². The number of methoxy groups -OCH3 is 1. The zero-order chi connectivity index (χ0) is 22.1. The van der Waals surface area contributed by atoms with E-state index in [4.69, 9.17) is 16.3 Å². The van der Waals surface area contributed by atoms with Gasteiger partial charge in [-0.05, 0) is 61.4 Å². The van der Waals surface area contributed by atoms with E-state index in [1.54, 1.807) is 55.6 Å². The monoisotopic (exact) mass is 432 g/mol. The van der Waals surface area contributed by atoms with E-state index in [9.17, 15) is 9.59 Å². The number of amides is 2. The van der Waals surface area contributed by atoms with E-state index in [0.29, 0.717) is 33.3 Å². The topological polar surface area (TPSA) is 58.6 Å². The van der Waals surface area contributed by atoms with E-state index in [2.05, 4.69) is 5.32 Å². The van der Waals surface area contributed by atoms with Gasteiger partial charge in [-0.15, -0.1) is 0 Å². The fourth-order valence-electron chi connectivity index (χ4n) is 3.46. The highest BCUT2D eigenvalue weighted by Crippen LogP contribution is 2.35. The molecular formula is C25H21ClN2O3. The molecule has 0 atom stereocenters. The number of aryl methyl sites for hydroxylation is 2. The molecule has 0 aromatic heterocycles. The average molecular weight is 433 g/mol. The minimum absolute atomic E-state index is 0.209. The molecule has 1 aliphatic heterocycles. The van der Waals surface area contributed by atoms with E-state index in [-0.39, 0.29) is 11.6 Å². The Morgan fingerprint density at radius 1 is 0.871 bits per heavy atom. The highest BCUT2D eigenvalue weighted by Gasteiger charge is 2.40. The van der Waals surface area contributed by atoms with Gasteiger partial charge >= 0.3 is 0 Å². The summed E-state index contributed by atoms with van der Waals surface area (Å²) in [5.41, 5.74) is 4.26. The van der Waals surface area contributed by atoms with Crippen molar-refractivity contribution in [3.8, 4) is 5.75 Å². The number of anilines is 2. The van der Waals surface area contributed by atoms with Crippen LogP contribution in [-0.4, -0.2) is 18.9 Å². The zero-order valence-corrected chi connectivity index (χ0v) is 18.2. The van der Waals surface area contributed by atoms with Crippen molar-refractivity contribution in [2.75, 3.05) is 17.3 Å². The van der Waals surface area contributed by atoms with Crippen LogP contribution in [-0.2, 0) is 9.59 Å². The molecule has 1 aliphatic rings. The molecule has 0 fully saturated rings. The molecule has 31 heavy (non-hydrogen) atoms. The third-order valence-corrected chi connectivity index (χ3v) is 5.45. The standard InChI is InChI=1S/C25H21ClN2O3/c1-15-4-10-19(11-5-15)28-24(29)22(17-7-12-20(31-3)13-8-17)23(25(28)30)27-21-14-18(26)9-6-16(21)2/h4-14,27H,1-3H3. The fraction of sp³-hybridized carbons (Fsp3) is 0.120. The lowest BCUT2D eigenvalue weighted by atomic mass is 10.0. The molecule has 6 heteroatoms. The number of benzene rings is 3. The predicted octanol–water partition coefficient (Wildman–Crippen LogP) is 5.36. The Bertz CT molecular complexity index is 1200. The van der Waals surface area contributed by atoms with Crippen LogP contribution in [0.1, 0.15) is 16.7 Å². The van der Waals surface area contributed by atoms with Gasteiger partial charge in [0.15, 0.2) is 0 Å². The summed E-state index contributed by atoms with van der Waals surface area (Å²) >= 11 is 6.16. The molecule has 4 rings (SSSR count). The lowest BCUT2D eigenvalue weighted by Crippen LogP contribution is -2.32. The summed E-state index contributed by atoms with van der Waals surface area (Å²) < 4.78 is 5.22. The number of rotatable bonds is 5. The summed E-state index contributed by atoms with van der Waals surface area (Å²) in [5.74, 6) is -0.142. The van der Waals surface area contributed by atoms with Crippen molar-refractivity contribution < 1.29 is 14.3 Å². The van der Waals surface area contributed by atoms with Crippen LogP contribution in [0.3, 0.4) is 0 Å². The maximum Gasteiger partial charge on any atom is 0.282 e. The van der Waals surface area contributed by atoms with Gasteiger partial charge in [-0.25, -0.2) is 4.90 Å². The Balaban J connectivity index is 1.83. The molecule has 2 amide bonds. The van der Waals surface area contributed by atoms with Gasteiger partial charge in [-0.1, -0.05) is 47.5 Å². The van der Waals surface area contributed by atoms with Crippen molar-refractivity contribution in [3.05, 3.63) is 94.1 Å². The minimum atomic E-state index is -0.418. The molecule has 0 radical (unpaired) electrons. The highest BCUT2D eigenvalue weighted by atomic mass is 35.5. The van der Waals surface area contributed by atoms with Crippen molar-refractivity contribution in [1.82, 2.24) is 0 Å². The van der Waals surface area contributed by atoms with Crippen molar-refractivity contribution in [1.29, 1.82) is 0 Å². The molecular weight excluding hydrogens is 412 g/mol. The first-order valence-corrected chi connectivity index (χ1v) is 10.1. The van der Waals surface area contributed by atoms with Gasteiger partial charge in [0.1, 0.15) is 11.4 Å². The summed E-state index contributed by atoms with van der Waals surface area (Å²) in [6.07, 6.45) is 0. The molecule has 156 valence electrons. The molecule has 1 N–H and O–H groups in total. The lowest BCUT2D eigenvalue weighted by molar-refractivity contribution is -0.120. The molecule has 3 aromatic rings. The molecule has 5 nitrogen and oxygen atoms in total. The Morgan fingerprint density at radius 3 is 2.19 bits per heavy atom. The highest BCUT2D eigenvalue weighted by molar-refractivity contribution is 6.46. The van der Waals surface area contributed by atoms with Crippen LogP contribution in [0.4, 0.5) is 11.4 Å². The molecule has 0 unspecified atom stereocenters. The average Bonchev–Trinajstić information content (AvgIpc) is 3.01. The van der Waals surface area contributed by atoms with Crippen LogP contribution >= 0.6 is 11.6 Å². The maximum atomic E-state index is 13.5. The predicted molar refractivity (Wildman–Crippen MR) is 123 cm³/mol. The largest absolute Gasteiger partial charge is 0.497 e. The number of hydrogen-bond acceptors (Lipinski definition) is 4. The quantitative estimate of drug-likeness (QED) is 0.551. The first kappa shape index (κ1) is 20.7. The molecule has 0 spiro atoms. The number of ether oxygens (including phenoxy) is 1. The number of carbonyl (C=O) groups excluding carboxylic acids is 2. The number of carbonyl (C=O) groups is 2. The third-order valence-electron chi connectivity index (χ3n) is 5.21. The summed E-state index contributed by atoms with van der Waals surface area (Å²) in [5, 5.41) is 3.70. The van der Waals surface area contributed by atoms with Crippen LogP contribution < -0.4 is 15.0 Å². The zero-order valence-electron chi connectivity index (χ0n) is 17.4. The summed E-state index contributed by atoms with van der Waals surface area (Å²) in [4.78, 5) is 28.1. The maximum absolute atomic E-state index is 13.5. The van der Waals surface area contributed by atoms with Gasteiger partial charge in [0.2, 0.25) is 0 Å². The van der Waals surface area contributed by atoms with Crippen LogP contribution in [0, 0.1) is 13.8 Å². The molecule has 0 saturated carbocycles. The van der Waals surface area contributed by atoms with Gasteiger partial charge < -0.3 is 10.1 Å². The fourth-order valence-corrected chi connectivity index (χ4v) is 3.64. The smallest absolute Gasteiger partial charge is 0.282 e. The Hall–Kier alpha value is -3.57. The number of nitrogens with zero attached hydrogens (tertiary/aromatic N) is 1. The van der Waals surface area contributed by atoms with E-state index in [1.807, 2.05) is 32.0 Å². The summed E-state index contributed by atoms with van der Waals surface area (Å²) in [6.45, 7) is 3.86. The second-order valence-electron chi connectivity index (χ2n) is 7.34. The third kappa shape index (κ3) is 3.92. The van der Waals surface area contributed by atoms with Crippen LogP contribution in [0.5, 0.6) is 5.75 Å². The Labute approximate surface area is 185 Å². The van der Waals surface area contributed by atoms with Crippen molar-refractivity contribution in [2.24, 2.45) is 0 Å². The SMILES string of the molecule is COc1ccc(C2=C(Nc3cc(Cl)ccc3C)C(=O)N(c3ccc(C)cc3)C2=O)cc1. The van der Waals surface area contributed by atoms with Crippen LogP contribution in [0.15, 0.2) is 72.4 Å².